The van der Waals surface area contributed by atoms with Crippen LogP contribution in [0.3, 0.4) is 0 Å². The molecule has 0 bridgehead atoms. The highest BCUT2D eigenvalue weighted by Gasteiger charge is 2.23. The molecule has 0 saturated heterocycles. The predicted molar refractivity (Wildman–Crippen MR) is 112 cm³/mol. The van der Waals surface area contributed by atoms with E-state index in [0.717, 1.165) is 9.13 Å². The molecule has 0 N–H and O–H groups in total. The molecule has 3 aromatic heterocycles. The third-order valence-corrected chi connectivity index (χ3v) is 5.36. The van der Waals surface area contributed by atoms with Crippen LogP contribution in [0.2, 0.25) is 0 Å². The normalized spacial score (nSPS) is 11.4. The zero-order valence-electron chi connectivity index (χ0n) is 17.1. The summed E-state index contributed by atoms with van der Waals surface area (Å²) in [6.45, 7) is 0. The fourth-order valence-corrected chi connectivity index (χ4v) is 3.64. The van der Waals surface area contributed by atoms with Gasteiger partial charge in [-0.15, -0.1) is 0 Å². The standard InChI is InChI=1S/C20H19N5O5/c1-22-15-13(17(26)24(3)19(22)28)12(10-6-8-11(30-5)9-7-10)14-16(21-15)23(2)20(29)25(4)18(14)27/h6-9H,1-5H3. The average molecular weight is 409 g/mol. The molecule has 3 heterocycles. The third kappa shape index (κ3) is 2.46. The first kappa shape index (κ1) is 19.4. The Morgan fingerprint density at radius 2 is 1.13 bits per heavy atom. The van der Waals surface area contributed by atoms with Gasteiger partial charge < -0.3 is 4.74 Å². The number of hydrogen-bond donors (Lipinski definition) is 0. The first-order valence-corrected chi connectivity index (χ1v) is 9.03. The molecule has 30 heavy (non-hydrogen) atoms. The maximum absolute atomic E-state index is 13.1. The molecule has 1 aromatic carbocycles. The third-order valence-electron chi connectivity index (χ3n) is 5.36. The molecule has 0 aliphatic rings. The maximum atomic E-state index is 13.1. The second kappa shape index (κ2) is 6.55. The van der Waals surface area contributed by atoms with Crippen LogP contribution in [0, 0.1) is 0 Å². The van der Waals surface area contributed by atoms with Gasteiger partial charge in [0.15, 0.2) is 11.3 Å². The van der Waals surface area contributed by atoms with E-state index in [0.29, 0.717) is 16.9 Å². The topological polar surface area (TPSA) is 110 Å². The van der Waals surface area contributed by atoms with Crippen molar-refractivity contribution in [3.05, 3.63) is 65.9 Å². The Bertz CT molecular complexity index is 1490. The summed E-state index contributed by atoms with van der Waals surface area (Å²) >= 11 is 0. The monoisotopic (exact) mass is 409 g/mol. The van der Waals surface area contributed by atoms with Crippen LogP contribution >= 0.6 is 0 Å². The maximum Gasteiger partial charge on any atom is 0.332 e. The zero-order chi connectivity index (χ0) is 21.9. The van der Waals surface area contributed by atoms with Gasteiger partial charge in [0.2, 0.25) is 0 Å². The average Bonchev–Trinajstić information content (AvgIpc) is 2.77. The zero-order valence-corrected chi connectivity index (χ0v) is 17.1. The number of benzene rings is 1. The number of hydrogen-bond acceptors (Lipinski definition) is 6. The Morgan fingerprint density at radius 1 is 0.700 bits per heavy atom. The van der Waals surface area contributed by atoms with Crippen LogP contribution < -0.4 is 27.2 Å². The molecule has 0 aliphatic carbocycles. The summed E-state index contributed by atoms with van der Waals surface area (Å²) in [6.07, 6.45) is 0. The molecule has 0 aliphatic heterocycles. The molecule has 0 atom stereocenters. The second-order valence-electron chi connectivity index (χ2n) is 7.02. The van der Waals surface area contributed by atoms with Crippen LogP contribution in [0.15, 0.2) is 43.4 Å². The van der Waals surface area contributed by atoms with Gasteiger partial charge in [-0.1, -0.05) is 12.1 Å². The number of aryl methyl sites for hydroxylation is 2. The number of ether oxygens (including phenoxy) is 1. The van der Waals surface area contributed by atoms with Crippen molar-refractivity contribution in [2.24, 2.45) is 28.2 Å². The van der Waals surface area contributed by atoms with E-state index in [1.54, 1.807) is 24.3 Å². The lowest BCUT2D eigenvalue weighted by Gasteiger charge is -2.16. The van der Waals surface area contributed by atoms with Crippen LogP contribution in [-0.2, 0) is 28.2 Å². The predicted octanol–water partition coefficient (Wildman–Crippen LogP) is -0.142. The molecule has 0 fully saturated rings. The minimum absolute atomic E-state index is 0.0877. The van der Waals surface area contributed by atoms with E-state index in [2.05, 4.69) is 4.98 Å². The molecule has 10 nitrogen and oxygen atoms in total. The Morgan fingerprint density at radius 3 is 1.53 bits per heavy atom. The minimum Gasteiger partial charge on any atom is -0.497 e. The lowest BCUT2D eigenvalue weighted by Crippen LogP contribution is -2.40. The van der Waals surface area contributed by atoms with Crippen LogP contribution in [0.5, 0.6) is 5.75 Å². The van der Waals surface area contributed by atoms with Crippen LogP contribution in [0.25, 0.3) is 33.2 Å². The van der Waals surface area contributed by atoms with Crippen molar-refractivity contribution in [1.82, 2.24) is 23.3 Å². The van der Waals surface area contributed by atoms with Crippen LogP contribution in [-0.4, -0.2) is 30.4 Å². The molecule has 0 unspecified atom stereocenters. The van der Waals surface area contributed by atoms with Gasteiger partial charge in [0.1, 0.15) is 5.75 Å². The molecular formula is C20H19N5O5. The summed E-state index contributed by atoms with van der Waals surface area (Å²) < 4.78 is 9.59. The molecule has 0 spiro atoms. The fourth-order valence-electron chi connectivity index (χ4n) is 3.64. The highest BCUT2D eigenvalue weighted by molar-refractivity contribution is 6.07. The number of aromatic nitrogens is 5. The van der Waals surface area contributed by atoms with Crippen molar-refractivity contribution >= 4 is 22.1 Å². The van der Waals surface area contributed by atoms with Gasteiger partial charge >= 0.3 is 11.4 Å². The van der Waals surface area contributed by atoms with Crippen molar-refractivity contribution in [3.8, 4) is 16.9 Å². The quantitative estimate of drug-likeness (QED) is 0.426. The molecule has 10 heteroatoms. The van der Waals surface area contributed by atoms with E-state index in [-0.39, 0.29) is 22.1 Å². The summed E-state index contributed by atoms with van der Waals surface area (Å²) in [5, 5.41) is 0.237. The largest absolute Gasteiger partial charge is 0.497 e. The van der Waals surface area contributed by atoms with Crippen LogP contribution in [0.1, 0.15) is 0 Å². The summed E-state index contributed by atoms with van der Waals surface area (Å²) in [5.41, 5.74) is -1.24. The molecule has 4 rings (SSSR count). The summed E-state index contributed by atoms with van der Waals surface area (Å²) in [4.78, 5) is 55.6. The van der Waals surface area contributed by atoms with Crippen molar-refractivity contribution < 1.29 is 4.74 Å². The first-order chi connectivity index (χ1) is 14.2. The summed E-state index contributed by atoms with van der Waals surface area (Å²) in [6, 6.07) is 6.82. The number of pyridine rings is 1. The molecule has 0 saturated carbocycles. The van der Waals surface area contributed by atoms with Gasteiger partial charge in [-0.05, 0) is 17.7 Å². The Kier molecular flexibility index (Phi) is 4.23. The number of fused-ring (bicyclic) bond motifs is 2. The SMILES string of the molecule is COc1ccc(-c2c3c(=O)n(C)c(=O)n(C)c3nc3c2c(=O)n(C)c(=O)n3C)cc1. The van der Waals surface area contributed by atoms with E-state index in [1.807, 2.05) is 0 Å². The van der Waals surface area contributed by atoms with Gasteiger partial charge in [-0.2, -0.15) is 0 Å². The molecule has 0 radical (unpaired) electrons. The number of nitrogens with zero attached hydrogens (tertiary/aromatic N) is 5. The van der Waals surface area contributed by atoms with Gasteiger partial charge in [0.25, 0.3) is 11.1 Å². The summed E-state index contributed by atoms with van der Waals surface area (Å²) in [7, 11) is 7.24. The highest BCUT2D eigenvalue weighted by Crippen LogP contribution is 2.31. The van der Waals surface area contributed by atoms with E-state index in [1.165, 1.54) is 44.4 Å². The molecule has 154 valence electrons. The molecule has 0 amide bonds. The van der Waals surface area contributed by atoms with E-state index >= 15 is 0 Å². The highest BCUT2D eigenvalue weighted by atomic mass is 16.5. The van der Waals surface area contributed by atoms with Crippen LogP contribution in [0.4, 0.5) is 0 Å². The smallest absolute Gasteiger partial charge is 0.332 e. The molecule has 4 aromatic rings. The van der Waals surface area contributed by atoms with Crippen molar-refractivity contribution in [1.29, 1.82) is 0 Å². The number of methoxy groups -OCH3 is 1. The Labute approximate surface area is 168 Å². The summed E-state index contributed by atoms with van der Waals surface area (Å²) in [5.74, 6) is 0.599. The van der Waals surface area contributed by atoms with Crippen molar-refractivity contribution in [2.45, 2.75) is 0 Å². The van der Waals surface area contributed by atoms with Gasteiger partial charge in [0.05, 0.1) is 17.9 Å². The Balaban J connectivity index is 2.42. The molecular weight excluding hydrogens is 390 g/mol. The second-order valence-corrected chi connectivity index (χ2v) is 7.02. The van der Waals surface area contributed by atoms with Gasteiger partial charge in [-0.25, -0.2) is 14.6 Å². The first-order valence-electron chi connectivity index (χ1n) is 9.03. The van der Waals surface area contributed by atoms with E-state index in [4.69, 9.17) is 4.74 Å². The van der Waals surface area contributed by atoms with Crippen molar-refractivity contribution in [2.75, 3.05) is 7.11 Å². The van der Waals surface area contributed by atoms with E-state index in [9.17, 15) is 19.2 Å². The van der Waals surface area contributed by atoms with Crippen molar-refractivity contribution in [3.63, 3.8) is 0 Å². The number of rotatable bonds is 2. The van der Waals surface area contributed by atoms with E-state index < -0.39 is 22.5 Å². The lowest BCUT2D eigenvalue weighted by molar-refractivity contribution is 0.415. The Hall–Kier alpha value is -3.95. The minimum atomic E-state index is -0.579. The lowest BCUT2D eigenvalue weighted by atomic mass is 9.99. The fraction of sp³-hybridized carbons (Fsp3) is 0.250. The van der Waals surface area contributed by atoms with Gasteiger partial charge in [0, 0.05) is 33.8 Å². The van der Waals surface area contributed by atoms with Gasteiger partial charge in [-0.3, -0.25) is 27.9 Å².